The molecule has 2 aliphatic heterocycles. The maximum atomic E-state index is 12.4. The van der Waals surface area contributed by atoms with Crippen molar-refractivity contribution in [2.75, 3.05) is 38.0 Å². The van der Waals surface area contributed by atoms with Crippen molar-refractivity contribution in [1.29, 1.82) is 0 Å². The van der Waals surface area contributed by atoms with E-state index in [4.69, 9.17) is 0 Å². The van der Waals surface area contributed by atoms with Crippen LogP contribution in [0.1, 0.15) is 38.2 Å². The van der Waals surface area contributed by atoms with Crippen molar-refractivity contribution in [2.45, 2.75) is 45.1 Å². The fraction of sp³-hybridized carbons (Fsp3) is 0.619. The number of anilines is 1. The zero-order chi connectivity index (χ0) is 19.1. The van der Waals surface area contributed by atoms with E-state index in [9.17, 15) is 9.59 Å². The lowest BCUT2D eigenvalue weighted by Gasteiger charge is -2.32. The van der Waals surface area contributed by atoms with Gasteiger partial charge in [-0.05, 0) is 68.8 Å². The molecule has 2 heterocycles. The van der Waals surface area contributed by atoms with Gasteiger partial charge in [0.25, 0.3) is 0 Å². The molecule has 148 valence electrons. The van der Waals surface area contributed by atoms with Gasteiger partial charge in [-0.3, -0.25) is 14.5 Å². The number of likely N-dealkylation sites (tertiary alicyclic amines) is 1. The van der Waals surface area contributed by atoms with Crippen LogP contribution in [0, 0.1) is 5.92 Å². The van der Waals surface area contributed by atoms with Crippen molar-refractivity contribution >= 4 is 17.5 Å². The molecule has 2 amide bonds. The highest BCUT2D eigenvalue weighted by Crippen LogP contribution is 2.16. The largest absolute Gasteiger partial charge is 0.354 e. The fourth-order valence-corrected chi connectivity index (χ4v) is 3.97. The van der Waals surface area contributed by atoms with E-state index >= 15 is 0 Å². The summed E-state index contributed by atoms with van der Waals surface area (Å²) in [6, 6.07) is 8.00. The Morgan fingerprint density at radius 1 is 1.19 bits per heavy atom. The highest BCUT2D eigenvalue weighted by Gasteiger charge is 2.25. The summed E-state index contributed by atoms with van der Waals surface area (Å²) in [5.74, 6) is 0.567. The fourth-order valence-electron chi connectivity index (χ4n) is 3.97. The SMILES string of the molecule is CCc1ccc(NC(=O)CN2CCCC(CNC(=O)C3CCCN3)C2)cc1. The average Bonchev–Trinajstić information content (AvgIpc) is 3.22. The first kappa shape index (κ1) is 19.8. The van der Waals surface area contributed by atoms with Crippen LogP contribution in [0.15, 0.2) is 24.3 Å². The van der Waals surface area contributed by atoms with E-state index < -0.39 is 0 Å². The summed E-state index contributed by atoms with van der Waals surface area (Å²) in [6.07, 6.45) is 5.18. The molecule has 0 radical (unpaired) electrons. The molecule has 2 atom stereocenters. The van der Waals surface area contributed by atoms with Crippen LogP contribution in [0.3, 0.4) is 0 Å². The lowest BCUT2D eigenvalue weighted by atomic mass is 9.98. The number of rotatable bonds is 7. The van der Waals surface area contributed by atoms with E-state index in [0.717, 1.165) is 57.4 Å². The Balaban J connectivity index is 1.40. The van der Waals surface area contributed by atoms with Crippen molar-refractivity contribution in [3.8, 4) is 0 Å². The minimum atomic E-state index is -0.0189. The maximum Gasteiger partial charge on any atom is 0.238 e. The first-order chi connectivity index (χ1) is 13.1. The molecule has 2 fully saturated rings. The molecule has 2 aliphatic rings. The third-order valence-corrected chi connectivity index (χ3v) is 5.56. The third kappa shape index (κ3) is 6.04. The third-order valence-electron chi connectivity index (χ3n) is 5.56. The number of benzene rings is 1. The van der Waals surface area contributed by atoms with Gasteiger partial charge in [0.1, 0.15) is 0 Å². The summed E-state index contributed by atoms with van der Waals surface area (Å²) in [7, 11) is 0. The van der Waals surface area contributed by atoms with Crippen LogP contribution in [0.2, 0.25) is 0 Å². The summed E-state index contributed by atoms with van der Waals surface area (Å²) in [5, 5.41) is 9.31. The van der Waals surface area contributed by atoms with E-state index in [1.807, 2.05) is 12.1 Å². The second kappa shape index (κ2) is 9.85. The summed E-state index contributed by atoms with van der Waals surface area (Å²) < 4.78 is 0. The number of hydrogen-bond acceptors (Lipinski definition) is 4. The minimum absolute atomic E-state index is 0.0189. The number of carbonyl (C=O) groups excluding carboxylic acids is 2. The summed E-state index contributed by atoms with van der Waals surface area (Å²) >= 11 is 0. The molecule has 2 unspecified atom stereocenters. The van der Waals surface area contributed by atoms with Gasteiger partial charge in [-0.2, -0.15) is 0 Å². The highest BCUT2D eigenvalue weighted by atomic mass is 16.2. The number of aryl methyl sites for hydroxylation is 1. The van der Waals surface area contributed by atoms with Gasteiger partial charge in [-0.25, -0.2) is 0 Å². The smallest absolute Gasteiger partial charge is 0.238 e. The molecular weight excluding hydrogens is 340 g/mol. The normalized spacial score (nSPS) is 23.1. The molecule has 0 bridgehead atoms. The molecule has 27 heavy (non-hydrogen) atoms. The summed E-state index contributed by atoms with van der Waals surface area (Å²) in [6.45, 7) is 5.97. The molecule has 2 saturated heterocycles. The van der Waals surface area contributed by atoms with Crippen molar-refractivity contribution in [2.24, 2.45) is 5.92 Å². The molecule has 0 aromatic heterocycles. The van der Waals surface area contributed by atoms with Crippen LogP contribution in [-0.2, 0) is 16.0 Å². The zero-order valence-corrected chi connectivity index (χ0v) is 16.3. The lowest BCUT2D eigenvalue weighted by Crippen LogP contribution is -2.46. The molecule has 1 aromatic rings. The van der Waals surface area contributed by atoms with Crippen LogP contribution in [0.5, 0.6) is 0 Å². The lowest BCUT2D eigenvalue weighted by molar-refractivity contribution is -0.123. The van der Waals surface area contributed by atoms with Crippen LogP contribution in [0.4, 0.5) is 5.69 Å². The van der Waals surface area contributed by atoms with Crippen LogP contribution >= 0.6 is 0 Å². The Kier molecular flexibility index (Phi) is 7.24. The first-order valence-corrected chi connectivity index (χ1v) is 10.3. The standard InChI is InChI=1S/C21H32N4O2/c1-2-16-7-9-18(10-8-16)24-20(26)15-25-12-4-5-17(14-25)13-23-21(27)19-6-3-11-22-19/h7-10,17,19,22H,2-6,11-15H2,1H3,(H,23,27)(H,24,26). The second-order valence-electron chi connectivity index (χ2n) is 7.74. The van der Waals surface area contributed by atoms with Gasteiger partial charge in [0.15, 0.2) is 0 Å². The number of nitrogens with one attached hydrogen (secondary N) is 3. The predicted octanol–water partition coefficient (Wildman–Crippen LogP) is 1.77. The summed E-state index contributed by atoms with van der Waals surface area (Å²) in [5.41, 5.74) is 2.11. The average molecular weight is 373 g/mol. The molecule has 6 heteroatoms. The van der Waals surface area contributed by atoms with Gasteiger partial charge in [0.05, 0.1) is 12.6 Å². The molecular formula is C21H32N4O2. The molecule has 6 nitrogen and oxygen atoms in total. The number of piperidine rings is 1. The first-order valence-electron chi connectivity index (χ1n) is 10.3. The molecule has 0 spiro atoms. The Hall–Kier alpha value is -1.92. The van der Waals surface area contributed by atoms with Gasteiger partial charge in [-0.15, -0.1) is 0 Å². The minimum Gasteiger partial charge on any atom is -0.354 e. The number of nitrogens with zero attached hydrogens (tertiary/aromatic N) is 1. The van der Waals surface area contributed by atoms with Crippen LogP contribution in [0.25, 0.3) is 0 Å². The molecule has 0 aliphatic carbocycles. The van der Waals surface area contributed by atoms with Gasteiger partial charge in [0.2, 0.25) is 11.8 Å². The van der Waals surface area contributed by atoms with Crippen molar-refractivity contribution in [1.82, 2.24) is 15.5 Å². The number of carbonyl (C=O) groups is 2. The van der Waals surface area contributed by atoms with E-state index in [-0.39, 0.29) is 17.9 Å². The number of hydrogen-bond donors (Lipinski definition) is 3. The molecule has 3 N–H and O–H groups in total. The van der Waals surface area contributed by atoms with Crippen molar-refractivity contribution in [3.63, 3.8) is 0 Å². The highest BCUT2D eigenvalue weighted by molar-refractivity contribution is 5.92. The zero-order valence-electron chi connectivity index (χ0n) is 16.3. The Morgan fingerprint density at radius 2 is 2.00 bits per heavy atom. The van der Waals surface area contributed by atoms with Crippen molar-refractivity contribution in [3.05, 3.63) is 29.8 Å². The molecule has 3 rings (SSSR count). The molecule has 1 aromatic carbocycles. The van der Waals surface area contributed by atoms with Gasteiger partial charge in [-0.1, -0.05) is 19.1 Å². The second-order valence-corrected chi connectivity index (χ2v) is 7.74. The maximum absolute atomic E-state index is 12.4. The van der Waals surface area contributed by atoms with E-state index in [0.29, 0.717) is 19.0 Å². The monoisotopic (exact) mass is 372 g/mol. The Bertz CT molecular complexity index is 626. The van der Waals surface area contributed by atoms with Crippen LogP contribution in [-0.4, -0.2) is 55.5 Å². The quantitative estimate of drug-likeness (QED) is 0.682. The summed E-state index contributed by atoms with van der Waals surface area (Å²) in [4.78, 5) is 26.7. The Labute approximate surface area is 162 Å². The van der Waals surface area contributed by atoms with E-state index in [1.54, 1.807) is 0 Å². The number of amides is 2. The van der Waals surface area contributed by atoms with Crippen LogP contribution < -0.4 is 16.0 Å². The molecule has 0 saturated carbocycles. The topological polar surface area (TPSA) is 73.5 Å². The van der Waals surface area contributed by atoms with Crippen molar-refractivity contribution < 1.29 is 9.59 Å². The van der Waals surface area contributed by atoms with E-state index in [2.05, 4.69) is 39.9 Å². The Morgan fingerprint density at radius 3 is 2.70 bits per heavy atom. The van der Waals surface area contributed by atoms with E-state index in [1.165, 1.54) is 5.56 Å². The van der Waals surface area contributed by atoms with Gasteiger partial charge >= 0.3 is 0 Å². The predicted molar refractivity (Wildman–Crippen MR) is 108 cm³/mol. The van der Waals surface area contributed by atoms with Gasteiger partial charge in [0, 0.05) is 18.8 Å². The van der Waals surface area contributed by atoms with Gasteiger partial charge < -0.3 is 16.0 Å².